The third-order valence-electron chi connectivity index (χ3n) is 2.83. The Morgan fingerprint density at radius 3 is 2.88 bits per heavy atom. The molecule has 6 nitrogen and oxygen atoms in total. The van der Waals surface area contributed by atoms with Gasteiger partial charge in [0, 0.05) is 6.07 Å². The Hall–Kier alpha value is -2.19. The molecule has 0 saturated heterocycles. The van der Waals surface area contributed by atoms with E-state index in [2.05, 4.69) is 15.3 Å². The fourth-order valence-electron chi connectivity index (χ4n) is 1.76. The Kier molecular flexibility index (Phi) is 6.51. The highest BCUT2D eigenvalue weighted by atomic mass is 32.2. The number of hydrogen-bond acceptors (Lipinski definition) is 5. The number of nitrogens with zero attached hydrogens (tertiary/aromatic N) is 1. The SMILES string of the molecule is CC(C)OCc1cc(=O)[nH]c(SCC(=O)Nc2ccccc2F)n1. The lowest BCUT2D eigenvalue weighted by Crippen LogP contribution is -2.17. The number of anilines is 1. The fraction of sp³-hybridized carbons (Fsp3) is 0.312. The highest BCUT2D eigenvalue weighted by molar-refractivity contribution is 7.99. The van der Waals surface area contributed by atoms with Crippen LogP contribution in [0.2, 0.25) is 0 Å². The van der Waals surface area contributed by atoms with E-state index in [1.807, 2.05) is 13.8 Å². The molecule has 0 atom stereocenters. The number of H-pyrrole nitrogens is 1. The van der Waals surface area contributed by atoms with Gasteiger partial charge >= 0.3 is 0 Å². The molecule has 8 heteroatoms. The van der Waals surface area contributed by atoms with Crippen molar-refractivity contribution < 1.29 is 13.9 Å². The Morgan fingerprint density at radius 2 is 2.17 bits per heavy atom. The first-order valence-electron chi connectivity index (χ1n) is 7.33. The number of carbonyl (C=O) groups excluding carboxylic acids is 1. The molecule has 0 unspecified atom stereocenters. The lowest BCUT2D eigenvalue weighted by molar-refractivity contribution is -0.113. The summed E-state index contributed by atoms with van der Waals surface area (Å²) in [5.74, 6) is -0.905. The van der Waals surface area contributed by atoms with E-state index in [-0.39, 0.29) is 29.7 Å². The van der Waals surface area contributed by atoms with Gasteiger partial charge in [-0.1, -0.05) is 23.9 Å². The molecule has 0 spiro atoms. The zero-order chi connectivity index (χ0) is 17.5. The van der Waals surface area contributed by atoms with E-state index >= 15 is 0 Å². The number of rotatable bonds is 7. The standard InChI is InChI=1S/C16H18FN3O3S/c1-10(2)23-8-11-7-14(21)20-16(18-11)24-9-15(22)19-13-6-4-3-5-12(13)17/h3-7,10H,8-9H2,1-2H3,(H,19,22)(H,18,20,21). The molecular weight excluding hydrogens is 333 g/mol. The van der Waals surface area contributed by atoms with Crippen molar-refractivity contribution in [2.24, 2.45) is 0 Å². The van der Waals surface area contributed by atoms with Gasteiger partial charge in [-0.2, -0.15) is 0 Å². The van der Waals surface area contributed by atoms with Crippen molar-refractivity contribution in [3.8, 4) is 0 Å². The molecule has 2 rings (SSSR count). The van der Waals surface area contributed by atoms with E-state index in [4.69, 9.17) is 4.74 Å². The molecule has 0 fully saturated rings. The largest absolute Gasteiger partial charge is 0.373 e. The number of para-hydroxylation sites is 1. The number of aromatic nitrogens is 2. The third-order valence-corrected chi connectivity index (χ3v) is 3.70. The molecule has 0 radical (unpaired) electrons. The Morgan fingerprint density at radius 1 is 1.42 bits per heavy atom. The van der Waals surface area contributed by atoms with Crippen LogP contribution in [0.1, 0.15) is 19.5 Å². The van der Waals surface area contributed by atoms with Crippen LogP contribution in [0.15, 0.2) is 40.3 Å². The van der Waals surface area contributed by atoms with Crippen molar-refractivity contribution in [3.63, 3.8) is 0 Å². The molecule has 1 aromatic carbocycles. The summed E-state index contributed by atoms with van der Waals surface area (Å²) in [5, 5.41) is 2.78. The van der Waals surface area contributed by atoms with Crippen LogP contribution in [0.3, 0.4) is 0 Å². The molecule has 2 aromatic rings. The molecule has 0 bridgehead atoms. The van der Waals surface area contributed by atoms with Crippen LogP contribution in [0, 0.1) is 5.82 Å². The van der Waals surface area contributed by atoms with Gasteiger partial charge in [-0.3, -0.25) is 9.59 Å². The topological polar surface area (TPSA) is 84.1 Å². The van der Waals surface area contributed by atoms with Gasteiger partial charge in [0.15, 0.2) is 5.16 Å². The van der Waals surface area contributed by atoms with Crippen LogP contribution >= 0.6 is 11.8 Å². The smallest absolute Gasteiger partial charge is 0.251 e. The second-order valence-electron chi connectivity index (χ2n) is 5.22. The van der Waals surface area contributed by atoms with Crippen LogP contribution in [-0.4, -0.2) is 27.7 Å². The maximum absolute atomic E-state index is 13.5. The quantitative estimate of drug-likeness (QED) is 0.592. The minimum absolute atomic E-state index is 0.00817. The molecule has 1 aromatic heterocycles. The van der Waals surface area contributed by atoms with Gasteiger partial charge in [-0.05, 0) is 26.0 Å². The van der Waals surface area contributed by atoms with Crippen LogP contribution in [0.5, 0.6) is 0 Å². The van der Waals surface area contributed by atoms with E-state index in [1.54, 1.807) is 12.1 Å². The minimum atomic E-state index is -0.504. The maximum Gasteiger partial charge on any atom is 0.251 e. The van der Waals surface area contributed by atoms with Crippen molar-refractivity contribution in [3.05, 3.63) is 52.2 Å². The molecule has 2 N–H and O–H groups in total. The molecule has 1 amide bonds. The van der Waals surface area contributed by atoms with Crippen molar-refractivity contribution in [2.45, 2.75) is 31.7 Å². The van der Waals surface area contributed by atoms with Crippen molar-refractivity contribution in [1.82, 2.24) is 9.97 Å². The van der Waals surface area contributed by atoms with Gasteiger partial charge in [-0.15, -0.1) is 0 Å². The Bertz CT molecular complexity index is 764. The molecule has 128 valence electrons. The second-order valence-corrected chi connectivity index (χ2v) is 6.18. The predicted molar refractivity (Wildman–Crippen MR) is 90.5 cm³/mol. The summed E-state index contributed by atoms with van der Waals surface area (Å²) < 4.78 is 18.9. The molecular formula is C16H18FN3O3S. The third kappa shape index (κ3) is 5.78. The summed E-state index contributed by atoms with van der Waals surface area (Å²) in [6, 6.07) is 7.26. The summed E-state index contributed by atoms with van der Waals surface area (Å²) >= 11 is 1.06. The first-order valence-corrected chi connectivity index (χ1v) is 8.31. The maximum atomic E-state index is 13.5. The summed E-state index contributed by atoms with van der Waals surface area (Å²) in [4.78, 5) is 30.3. The van der Waals surface area contributed by atoms with E-state index in [0.717, 1.165) is 11.8 Å². The number of benzene rings is 1. The zero-order valence-corrected chi connectivity index (χ0v) is 14.2. The van der Waals surface area contributed by atoms with Gasteiger partial charge in [-0.25, -0.2) is 9.37 Å². The first kappa shape index (κ1) is 18.2. The van der Waals surface area contributed by atoms with Crippen LogP contribution < -0.4 is 10.9 Å². The van der Waals surface area contributed by atoms with Crippen molar-refractivity contribution in [1.29, 1.82) is 0 Å². The van der Waals surface area contributed by atoms with Gasteiger partial charge < -0.3 is 15.0 Å². The summed E-state index contributed by atoms with van der Waals surface area (Å²) in [6.07, 6.45) is 0.0220. The minimum Gasteiger partial charge on any atom is -0.373 e. The normalized spacial score (nSPS) is 10.8. The van der Waals surface area contributed by atoms with E-state index in [1.165, 1.54) is 18.2 Å². The highest BCUT2D eigenvalue weighted by Gasteiger charge is 2.09. The summed E-state index contributed by atoms with van der Waals surface area (Å²) in [6.45, 7) is 3.99. The Balaban J connectivity index is 1.95. The van der Waals surface area contributed by atoms with Gasteiger partial charge in [0.25, 0.3) is 5.56 Å². The first-order chi connectivity index (χ1) is 11.4. The Labute approximate surface area is 142 Å². The molecule has 0 saturated carbocycles. The highest BCUT2D eigenvalue weighted by Crippen LogP contribution is 2.15. The number of hydrogen-bond donors (Lipinski definition) is 2. The van der Waals surface area contributed by atoms with Crippen molar-refractivity contribution in [2.75, 3.05) is 11.1 Å². The van der Waals surface area contributed by atoms with E-state index in [0.29, 0.717) is 10.9 Å². The lowest BCUT2D eigenvalue weighted by atomic mass is 10.3. The van der Waals surface area contributed by atoms with Crippen LogP contribution in [0.25, 0.3) is 0 Å². The number of thioether (sulfide) groups is 1. The van der Waals surface area contributed by atoms with Crippen LogP contribution in [-0.2, 0) is 16.1 Å². The number of ether oxygens (including phenoxy) is 1. The molecule has 1 heterocycles. The lowest BCUT2D eigenvalue weighted by Gasteiger charge is -2.08. The molecule has 0 aliphatic rings. The van der Waals surface area contributed by atoms with Crippen LogP contribution in [0.4, 0.5) is 10.1 Å². The summed E-state index contributed by atoms with van der Waals surface area (Å²) in [5.41, 5.74) is 0.289. The fourth-order valence-corrected chi connectivity index (χ4v) is 2.46. The predicted octanol–water partition coefficient (Wildman–Crippen LogP) is 2.56. The molecule has 24 heavy (non-hydrogen) atoms. The average Bonchev–Trinajstić information content (AvgIpc) is 2.53. The van der Waals surface area contributed by atoms with Crippen molar-refractivity contribution >= 4 is 23.4 Å². The molecule has 0 aliphatic carbocycles. The van der Waals surface area contributed by atoms with Gasteiger partial charge in [0.1, 0.15) is 5.82 Å². The number of amides is 1. The average molecular weight is 351 g/mol. The molecule has 0 aliphatic heterocycles. The number of halogens is 1. The number of carbonyl (C=O) groups is 1. The zero-order valence-electron chi connectivity index (χ0n) is 13.3. The van der Waals surface area contributed by atoms with Gasteiger partial charge in [0.2, 0.25) is 5.91 Å². The second kappa shape index (κ2) is 8.60. The summed E-state index contributed by atoms with van der Waals surface area (Å²) in [7, 11) is 0. The number of nitrogens with one attached hydrogen (secondary N) is 2. The monoisotopic (exact) mass is 351 g/mol. The number of aromatic amines is 1. The van der Waals surface area contributed by atoms with E-state index < -0.39 is 11.7 Å². The van der Waals surface area contributed by atoms with Gasteiger partial charge in [0.05, 0.1) is 29.8 Å². The van der Waals surface area contributed by atoms with E-state index in [9.17, 15) is 14.0 Å².